The number of aryl methyl sites for hydroxylation is 1. The van der Waals surface area contributed by atoms with E-state index < -0.39 is 11.5 Å². The Morgan fingerprint density at radius 1 is 1.00 bits per heavy atom. The van der Waals surface area contributed by atoms with Crippen molar-refractivity contribution in [3.8, 4) is 5.75 Å². The lowest BCUT2D eigenvalue weighted by molar-refractivity contribution is -0.123. The molecule has 0 aliphatic carbocycles. The number of carbonyl (C=O) groups is 2. The van der Waals surface area contributed by atoms with Crippen molar-refractivity contribution >= 4 is 23.2 Å². The highest BCUT2D eigenvalue weighted by atomic mass is 16.5. The van der Waals surface area contributed by atoms with Crippen LogP contribution in [0, 0.1) is 12.3 Å². The number of anilines is 2. The van der Waals surface area contributed by atoms with Crippen LogP contribution in [0.15, 0.2) is 48.5 Å². The molecule has 5 heteroatoms. The van der Waals surface area contributed by atoms with Gasteiger partial charge >= 0.3 is 0 Å². The van der Waals surface area contributed by atoms with E-state index in [-0.39, 0.29) is 11.8 Å². The second-order valence-corrected chi connectivity index (χ2v) is 7.55. The molecule has 2 rings (SSSR count). The van der Waals surface area contributed by atoms with Crippen LogP contribution in [-0.2, 0) is 9.59 Å². The topological polar surface area (TPSA) is 67.4 Å². The Morgan fingerprint density at radius 3 is 2.22 bits per heavy atom. The first-order valence-corrected chi connectivity index (χ1v) is 9.15. The van der Waals surface area contributed by atoms with E-state index in [1.807, 2.05) is 58.9 Å². The normalized spacial score (nSPS) is 12.2. The quantitative estimate of drug-likeness (QED) is 0.771. The van der Waals surface area contributed by atoms with Gasteiger partial charge in [-0.3, -0.25) is 9.59 Å². The van der Waals surface area contributed by atoms with Crippen LogP contribution < -0.4 is 15.4 Å². The first kappa shape index (κ1) is 20.5. The molecule has 1 unspecified atom stereocenters. The van der Waals surface area contributed by atoms with Crippen molar-refractivity contribution < 1.29 is 14.3 Å². The summed E-state index contributed by atoms with van der Waals surface area (Å²) in [7, 11) is 0. The van der Waals surface area contributed by atoms with Crippen molar-refractivity contribution in [1.29, 1.82) is 0 Å². The number of carbonyl (C=O) groups excluding carboxylic acids is 2. The molecule has 27 heavy (non-hydrogen) atoms. The Kier molecular flexibility index (Phi) is 6.61. The largest absolute Gasteiger partial charge is 0.480 e. The van der Waals surface area contributed by atoms with Gasteiger partial charge in [-0.1, -0.05) is 52.0 Å². The monoisotopic (exact) mass is 368 g/mol. The molecule has 0 saturated carbocycles. The van der Waals surface area contributed by atoms with Gasteiger partial charge in [0.2, 0.25) is 5.91 Å². The van der Waals surface area contributed by atoms with Gasteiger partial charge in [-0.2, -0.15) is 0 Å². The van der Waals surface area contributed by atoms with Crippen molar-refractivity contribution in [2.45, 2.75) is 47.1 Å². The first-order valence-electron chi connectivity index (χ1n) is 9.15. The summed E-state index contributed by atoms with van der Waals surface area (Å²) in [6.07, 6.45) is -0.0559. The highest BCUT2D eigenvalue weighted by Gasteiger charge is 2.22. The van der Waals surface area contributed by atoms with E-state index in [1.54, 1.807) is 24.3 Å². The average molecular weight is 368 g/mol. The molecule has 2 aromatic rings. The maximum atomic E-state index is 12.6. The predicted molar refractivity (Wildman–Crippen MR) is 109 cm³/mol. The van der Waals surface area contributed by atoms with Crippen molar-refractivity contribution in [3.63, 3.8) is 0 Å². The third-order valence-corrected chi connectivity index (χ3v) is 4.10. The van der Waals surface area contributed by atoms with Gasteiger partial charge in [0.05, 0.1) is 0 Å². The van der Waals surface area contributed by atoms with Crippen molar-refractivity contribution in [2.24, 2.45) is 5.41 Å². The first-order chi connectivity index (χ1) is 12.7. The second kappa shape index (κ2) is 8.71. The molecule has 0 bridgehead atoms. The Bertz CT molecular complexity index is 809. The van der Waals surface area contributed by atoms with Crippen molar-refractivity contribution in [3.05, 3.63) is 54.1 Å². The molecule has 0 radical (unpaired) electrons. The highest BCUT2D eigenvalue weighted by molar-refractivity contribution is 5.97. The molecule has 1 atom stereocenters. The SMILES string of the molecule is CCC(Oc1ccccc1C)C(=O)Nc1cccc(NC(=O)C(C)(C)C)c1. The van der Waals surface area contributed by atoms with E-state index in [4.69, 9.17) is 4.74 Å². The van der Waals surface area contributed by atoms with Crippen LogP contribution >= 0.6 is 0 Å². The van der Waals surface area contributed by atoms with E-state index in [0.29, 0.717) is 23.5 Å². The standard InChI is InChI=1S/C22H28N2O3/c1-6-18(27-19-13-8-7-10-15(19)2)20(25)23-16-11-9-12-17(14-16)24-21(26)22(3,4)5/h7-14,18H,6H2,1-5H3,(H,23,25)(H,24,26). The fraction of sp³-hybridized carbons (Fsp3) is 0.364. The average Bonchev–Trinajstić information content (AvgIpc) is 2.60. The summed E-state index contributed by atoms with van der Waals surface area (Å²) in [6.45, 7) is 9.40. The van der Waals surface area contributed by atoms with E-state index in [0.717, 1.165) is 5.56 Å². The van der Waals surface area contributed by atoms with Crippen molar-refractivity contribution in [1.82, 2.24) is 0 Å². The molecule has 0 fully saturated rings. The number of hydrogen-bond acceptors (Lipinski definition) is 3. The molecule has 0 heterocycles. The number of hydrogen-bond donors (Lipinski definition) is 2. The van der Waals surface area contributed by atoms with Crippen LogP contribution in [0.1, 0.15) is 39.7 Å². The van der Waals surface area contributed by atoms with Crippen LogP contribution in [0.3, 0.4) is 0 Å². The van der Waals surface area contributed by atoms with Crippen molar-refractivity contribution in [2.75, 3.05) is 10.6 Å². The van der Waals surface area contributed by atoms with Gasteiger partial charge in [0.1, 0.15) is 5.75 Å². The zero-order valence-corrected chi connectivity index (χ0v) is 16.6. The molecule has 5 nitrogen and oxygen atoms in total. The van der Waals surface area contributed by atoms with E-state index >= 15 is 0 Å². The summed E-state index contributed by atoms with van der Waals surface area (Å²) in [4.78, 5) is 24.8. The van der Waals surface area contributed by atoms with E-state index in [2.05, 4.69) is 10.6 Å². The Labute approximate surface area is 161 Å². The van der Waals surface area contributed by atoms with E-state index in [1.165, 1.54) is 0 Å². The van der Waals surface area contributed by atoms with Gasteiger partial charge in [-0.05, 0) is 43.2 Å². The fourth-order valence-electron chi connectivity index (χ4n) is 2.38. The molecule has 144 valence electrons. The van der Waals surface area contributed by atoms with Gasteiger partial charge in [-0.25, -0.2) is 0 Å². The molecule has 0 spiro atoms. The highest BCUT2D eigenvalue weighted by Crippen LogP contribution is 2.22. The van der Waals surface area contributed by atoms with Gasteiger partial charge < -0.3 is 15.4 Å². The Morgan fingerprint density at radius 2 is 1.63 bits per heavy atom. The van der Waals surface area contributed by atoms with E-state index in [9.17, 15) is 9.59 Å². The molecular weight excluding hydrogens is 340 g/mol. The molecule has 0 aliphatic heterocycles. The minimum atomic E-state index is -0.598. The number of nitrogens with one attached hydrogen (secondary N) is 2. The molecule has 0 aromatic heterocycles. The smallest absolute Gasteiger partial charge is 0.265 e. The summed E-state index contributed by atoms with van der Waals surface area (Å²) in [5, 5.41) is 5.73. The fourth-order valence-corrected chi connectivity index (χ4v) is 2.38. The predicted octanol–water partition coefficient (Wildman–Crippen LogP) is 4.78. The number of ether oxygens (including phenoxy) is 1. The summed E-state index contributed by atoms with van der Waals surface area (Å²) in [5.41, 5.74) is 1.74. The minimum Gasteiger partial charge on any atom is -0.480 e. The number of amides is 2. The second-order valence-electron chi connectivity index (χ2n) is 7.55. The summed E-state index contributed by atoms with van der Waals surface area (Å²) in [6, 6.07) is 14.7. The minimum absolute atomic E-state index is 0.0831. The lowest BCUT2D eigenvalue weighted by atomic mass is 9.95. The maximum absolute atomic E-state index is 12.6. The van der Waals surface area contributed by atoms with Gasteiger partial charge in [0.25, 0.3) is 5.91 Å². The number of para-hydroxylation sites is 1. The molecule has 2 aromatic carbocycles. The van der Waals surface area contributed by atoms with Gasteiger partial charge in [0.15, 0.2) is 6.10 Å². The van der Waals surface area contributed by atoms with Crippen LogP contribution in [0.4, 0.5) is 11.4 Å². The van der Waals surface area contributed by atoms with Crippen LogP contribution in [0.5, 0.6) is 5.75 Å². The molecule has 2 amide bonds. The zero-order valence-electron chi connectivity index (χ0n) is 16.6. The summed E-state index contributed by atoms with van der Waals surface area (Å²) >= 11 is 0. The number of rotatable bonds is 6. The molecule has 0 saturated heterocycles. The lowest BCUT2D eigenvalue weighted by Crippen LogP contribution is -2.32. The summed E-state index contributed by atoms with van der Waals surface area (Å²) < 4.78 is 5.89. The van der Waals surface area contributed by atoms with Crippen LogP contribution in [-0.4, -0.2) is 17.9 Å². The molecule has 0 aliphatic rings. The van der Waals surface area contributed by atoms with Crippen LogP contribution in [0.25, 0.3) is 0 Å². The zero-order chi connectivity index (χ0) is 20.0. The molecular formula is C22H28N2O3. The Balaban J connectivity index is 2.06. The number of benzene rings is 2. The lowest BCUT2D eigenvalue weighted by Gasteiger charge is -2.20. The summed E-state index contributed by atoms with van der Waals surface area (Å²) in [5.74, 6) is 0.394. The third kappa shape index (κ3) is 5.84. The molecule has 2 N–H and O–H groups in total. The van der Waals surface area contributed by atoms with Gasteiger partial charge in [-0.15, -0.1) is 0 Å². The third-order valence-electron chi connectivity index (χ3n) is 4.10. The maximum Gasteiger partial charge on any atom is 0.265 e. The Hall–Kier alpha value is -2.82. The van der Waals surface area contributed by atoms with Gasteiger partial charge in [0, 0.05) is 16.8 Å². The van der Waals surface area contributed by atoms with Crippen LogP contribution in [0.2, 0.25) is 0 Å².